The predicted molar refractivity (Wildman–Crippen MR) is 83.2 cm³/mol. The van der Waals surface area contributed by atoms with Crippen LogP contribution in [-0.4, -0.2) is 27.8 Å². The monoisotopic (exact) mass is 315 g/mol. The first-order valence-electron chi connectivity index (χ1n) is 6.66. The van der Waals surface area contributed by atoms with Gasteiger partial charge >= 0.3 is 5.97 Å². The summed E-state index contributed by atoms with van der Waals surface area (Å²) in [6, 6.07) is 9.06. The SMILES string of the molecule is O=C(O)c1c(NCCc2nccs2)noc1-c1ccccc1. The molecule has 0 saturated heterocycles. The number of benzene rings is 1. The zero-order chi connectivity index (χ0) is 15.4. The maximum Gasteiger partial charge on any atom is 0.343 e. The van der Waals surface area contributed by atoms with Gasteiger partial charge in [0.2, 0.25) is 0 Å². The number of carboxylic acid groups (broad SMARTS) is 1. The summed E-state index contributed by atoms with van der Waals surface area (Å²) in [6.07, 6.45) is 2.44. The maximum atomic E-state index is 11.5. The second-order valence-corrected chi connectivity index (χ2v) is 5.49. The molecule has 0 aliphatic heterocycles. The molecule has 0 unspecified atom stereocenters. The topological polar surface area (TPSA) is 88.2 Å². The van der Waals surface area contributed by atoms with Crippen LogP contribution in [0.3, 0.4) is 0 Å². The zero-order valence-electron chi connectivity index (χ0n) is 11.5. The molecule has 112 valence electrons. The van der Waals surface area contributed by atoms with E-state index in [1.807, 2.05) is 23.6 Å². The van der Waals surface area contributed by atoms with Crippen molar-refractivity contribution in [3.63, 3.8) is 0 Å². The van der Waals surface area contributed by atoms with Crippen molar-refractivity contribution < 1.29 is 14.4 Å². The van der Waals surface area contributed by atoms with Gasteiger partial charge < -0.3 is 14.9 Å². The molecule has 2 N–H and O–H groups in total. The maximum absolute atomic E-state index is 11.5. The smallest absolute Gasteiger partial charge is 0.343 e. The van der Waals surface area contributed by atoms with Crippen molar-refractivity contribution in [3.05, 3.63) is 52.5 Å². The number of carbonyl (C=O) groups is 1. The van der Waals surface area contributed by atoms with E-state index < -0.39 is 5.97 Å². The molecule has 0 fully saturated rings. The van der Waals surface area contributed by atoms with Crippen LogP contribution in [0.15, 0.2) is 46.4 Å². The van der Waals surface area contributed by atoms with Crippen molar-refractivity contribution in [1.29, 1.82) is 0 Å². The van der Waals surface area contributed by atoms with Gasteiger partial charge in [-0.05, 0) is 0 Å². The molecule has 0 spiro atoms. The summed E-state index contributed by atoms with van der Waals surface area (Å²) in [7, 11) is 0. The van der Waals surface area contributed by atoms with E-state index in [9.17, 15) is 9.90 Å². The van der Waals surface area contributed by atoms with Gasteiger partial charge in [-0.3, -0.25) is 0 Å². The molecule has 0 atom stereocenters. The van der Waals surface area contributed by atoms with Crippen molar-refractivity contribution in [2.24, 2.45) is 0 Å². The van der Waals surface area contributed by atoms with Crippen molar-refractivity contribution in [2.45, 2.75) is 6.42 Å². The second kappa shape index (κ2) is 6.40. The molecule has 22 heavy (non-hydrogen) atoms. The Labute approximate surface area is 130 Å². The van der Waals surface area contributed by atoms with E-state index in [0.29, 0.717) is 18.5 Å². The summed E-state index contributed by atoms with van der Waals surface area (Å²) in [6.45, 7) is 0.536. The zero-order valence-corrected chi connectivity index (χ0v) is 12.3. The van der Waals surface area contributed by atoms with Crippen LogP contribution in [0, 0.1) is 0 Å². The van der Waals surface area contributed by atoms with Crippen LogP contribution < -0.4 is 5.32 Å². The number of aromatic nitrogens is 2. The van der Waals surface area contributed by atoms with Crippen LogP contribution in [0.2, 0.25) is 0 Å². The van der Waals surface area contributed by atoms with Crippen LogP contribution in [-0.2, 0) is 6.42 Å². The number of hydrogen-bond donors (Lipinski definition) is 2. The largest absolute Gasteiger partial charge is 0.477 e. The molecule has 0 saturated carbocycles. The highest BCUT2D eigenvalue weighted by atomic mass is 32.1. The van der Waals surface area contributed by atoms with Gasteiger partial charge in [-0.15, -0.1) is 11.3 Å². The van der Waals surface area contributed by atoms with Gasteiger partial charge in [-0.25, -0.2) is 9.78 Å². The van der Waals surface area contributed by atoms with Gasteiger partial charge in [0.05, 0.1) is 5.01 Å². The van der Waals surface area contributed by atoms with Gasteiger partial charge in [0.25, 0.3) is 0 Å². The lowest BCUT2D eigenvalue weighted by atomic mass is 10.1. The summed E-state index contributed by atoms with van der Waals surface area (Å²) >= 11 is 1.56. The van der Waals surface area contributed by atoms with E-state index in [2.05, 4.69) is 15.5 Å². The molecule has 6 nitrogen and oxygen atoms in total. The van der Waals surface area contributed by atoms with Crippen molar-refractivity contribution in [3.8, 4) is 11.3 Å². The minimum absolute atomic E-state index is 0.0466. The average Bonchev–Trinajstić information content (AvgIpc) is 3.17. The normalized spacial score (nSPS) is 10.5. The van der Waals surface area contributed by atoms with E-state index in [-0.39, 0.29) is 17.1 Å². The Morgan fingerprint density at radius 2 is 2.14 bits per heavy atom. The number of nitrogens with zero attached hydrogens (tertiary/aromatic N) is 2. The molecule has 7 heteroatoms. The number of rotatable bonds is 6. The molecule has 0 amide bonds. The number of aromatic carboxylic acids is 1. The standard InChI is InChI=1S/C15H13N3O3S/c19-15(20)12-13(10-4-2-1-3-5-10)21-18-14(12)17-7-6-11-16-8-9-22-11/h1-5,8-9H,6-7H2,(H,17,18)(H,19,20). The second-order valence-electron chi connectivity index (χ2n) is 4.51. The molecular formula is C15H13N3O3S. The fourth-order valence-corrected chi connectivity index (χ4v) is 2.68. The molecule has 1 aromatic carbocycles. The van der Waals surface area contributed by atoms with E-state index in [0.717, 1.165) is 5.01 Å². The Kier molecular flexibility index (Phi) is 4.15. The van der Waals surface area contributed by atoms with Gasteiger partial charge in [0, 0.05) is 30.1 Å². The number of anilines is 1. The fraction of sp³-hybridized carbons (Fsp3) is 0.133. The Balaban J connectivity index is 1.80. The first-order valence-corrected chi connectivity index (χ1v) is 7.54. The molecule has 0 bridgehead atoms. The summed E-state index contributed by atoms with van der Waals surface area (Å²) in [5, 5.41) is 19.2. The van der Waals surface area contributed by atoms with Gasteiger partial charge in [0.1, 0.15) is 0 Å². The number of nitrogens with one attached hydrogen (secondary N) is 1. The summed E-state index contributed by atoms with van der Waals surface area (Å²) in [5.41, 5.74) is 0.728. The van der Waals surface area contributed by atoms with E-state index in [1.165, 1.54) is 0 Å². The highest BCUT2D eigenvalue weighted by Crippen LogP contribution is 2.29. The molecule has 3 aromatic rings. The van der Waals surface area contributed by atoms with E-state index >= 15 is 0 Å². The Morgan fingerprint density at radius 1 is 1.32 bits per heavy atom. The predicted octanol–water partition coefficient (Wildman–Crippen LogP) is 3.15. The lowest BCUT2D eigenvalue weighted by Crippen LogP contribution is -2.09. The Hall–Kier alpha value is -2.67. The summed E-state index contributed by atoms with van der Waals surface area (Å²) in [4.78, 5) is 15.7. The third-order valence-corrected chi connectivity index (χ3v) is 3.90. The third-order valence-electron chi connectivity index (χ3n) is 3.06. The lowest BCUT2D eigenvalue weighted by molar-refractivity contribution is 0.0698. The summed E-state index contributed by atoms with van der Waals surface area (Å²) < 4.78 is 5.22. The number of thiazole rings is 1. The third kappa shape index (κ3) is 2.99. The molecule has 0 aliphatic rings. The van der Waals surface area contributed by atoms with Gasteiger partial charge in [0.15, 0.2) is 17.1 Å². The van der Waals surface area contributed by atoms with Crippen LogP contribution in [0.1, 0.15) is 15.4 Å². The lowest BCUT2D eigenvalue weighted by Gasteiger charge is -2.02. The van der Waals surface area contributed by atoms with E-state index in [1.54, 1.807) is 29.7 Å². The van der Waals surface area contributed by atoms with Crippen LogP contribution in [0.5, 0.6) is 0 Å². The van der Waals surface area contributed by atoms with Crippen LogP contribution in [0.25, 0.3) is 11.3 Å². The molecular weight excluding hydrogens is 302 g/mol. The molecule has 2 aromatic heterocycles. The molecule has 0 aliphatic carbocycles. The van der Waals surface area contributed by atoms with Crippen LogP contribution >= 0.6 is 11.3 Å². The van der Waals surface area contributed by atoms with Crippen molar-refractivity contribution in [1.82, 2.24) is 10.1 Å². The van der Waals surface area contributed by atoms with Gasteiger partial charge in [-0.1, -0.05) is 35.5 Å². The van der Waals surface area contributed by atoms with Crippen molar-refractivity contribution in [2.75, 3.05) is 11.9 Å². The quantitative estimate of drug-likeness (QED) is 0.726. The fourth-order valence-electron chi connectivity index (χ4n) is 2.06. The highest BCUT2D eigenvalue weighted by molar-refractivity contribution is 7.09. The van der Waals surface area contributed by atoms with Crippen LogP contribution in [0.4, 0.5) is 5.82 Å². The highest BCUT2D eigenvalue weighted by Gasteiger charge is 2.23. The first kappa shape index (κ1) is 14.3. The summed E-state index contributed by atoms with van der Waals surface area (Å²) in [5.74, 6) is -0.579. The Morgan fingerprint density at radius 3 is 2.82 bits per heavy atom. The first-order chi connectivity index (χ1) is 10.8. The Bertz CT molecular complexity index is 754. The molecule has 0 radical (unpaired) electrons. The molecule has 2 heterocycles. The van der Waals surface area contributed by atoms with Gasteiger partial charge in [-0.2, -0.15) is 0 Å². The molecule has 3 rings (SSSR count). The number of hydrogen-bond acceptors (Lipinski definition) is 6. The number of carboxylic acids is 1. The minimum atomic E-state index is -1.07. The average molecular weight is 315 g/mol. The van der Waals surface area contributed by atoms with Crippen molar-refractivity contribution >= 4 is 23.1 Å². The van der Waals surface area contributed by atoms with E-state index in [4.69, 9.17) is 4.52 Å². The minimum Gasteiger partial charge on any atom is -0.477 e.